The standard InChI is InChI=1S/5Pr.4Sn.8H. The van der Waals surface area contributed by atoms with Gasteiger partial charge in [0.15, 0.2) is 0 Å². The van der Waals surface area contributed by atoms with Crippen molar-refractivity contribution in [1.29, 1.82) is 0 Å². The second kappa shape index (κ2) is 52.0. The maximum atomic E-state index is 0. The zero-order chi connectivity index (χ0) is 0. The molecule has 0 atom stereocenters. The van der Waals surface area contributed by atoms with E-state index >= 15 is 0 Å². The van der Waals surface area contributed by atoms with Crippen LogP contribution in [-0.4, -0.2) is 95.6 Å². The van der Waals surface area contributed by atoms with Crippen molar-refractivity contribution >= 4 is 95.6 Å². The van der Waals surface area contributed by atoms with E-state index in [-0.39, 0.29) is 302 Å². The van der Waals surface area contributed by atoms with Crippen LogP contribution in [0.5, 0.6) is 0 Å². The average molecular weight is 1190 g/mol. The SMILES string of the molecule is [Pr].[Pr].[Pr].[Pr].[Pr].[SnH2].[SnH2].[SnH2].[SnH2]. The second-order valence-corrected chi connectivity index (χ2v) is 0. The molecule has 0 nitrogen and oxygen atoms in total. The van der Waals surface area contributed by atoms with Gasteiger partial charge in [-0.25, -0.2) is 0 Å². The van der Waals surface area contributed by atoms with Gasteiger partial charge in [-0.1, -0.05) is 0 Å². The van der Waals surface area contributed by atoms with Crippen molar-refractivity contribution in [2.45, 2.75) is 0 Å². The van der Waals surface area contributed by atoms with E-state index in [9.17, 15) is 0 Å². The summed E-state index contributed by atoms with van der Waals surface area (Å²) in [4.78, 5) is 0. The van der Waals surface area contributed by atoms with E-state index in [0.29, 0.717) is 0 Å². The zero-order valence-electron chi connectivity index (χ0n) is 5.72. The van der Waals surface area contributed by atoms with Crippen LogP contribution in [0.1, 0.15) is 0 Å². The van der Waals surface area contributed by atoms with Gasteiger partial charge in [-0.3, -0.25) is 0 Å². The molecule has 0 N–H and O–H groups in total. The first-order valence-corrected chi connectivity index (χ1v) is 0. The molecule has 9 heavy (non-hydrogen) atoms. The molecular formula is H8Pr5Sn4. The average Bonchev–Trinajstić information content (AvgIpc) is 0. The van der Waals surface area contributed by atoms with E-state index in [2.05, 4.69) is 0 Å². The van der Waals surface area contributed by atoms with E-state index in [1.807, 2.05) is 0 Å². The van der Waals surface area contributed by atoms with Crippen molar-refractivity contribution in [3.63, 3.8) is 0 Å². The Labute approximate surface area is 291 Å². The van der Waals surface area contributed by atoms with Crippen LogP contribution in [0.15, 0.2) is 0 Å². The third-order valence-electron chi connectivity index (χ3n) is 0. The van der Waals surface area contributed by atoms with Crippen molar-refractivity contribution in [3.8, 4) is 0 Å². The predicted octanol–water partition coefficient (Wildman–Crippen LogP) is -3.66. The normalized spacial score (nSPS) is 0. The fraction of sp³-hybridized carbons (Fsp3) is 0. The van der Waals surface area contributed by atoms with Crippen molar-refractivity contribution < 1.29 is 206 Å². The third-order valence-corrected chi connectivity index (χ3v) is 0. The van der Waals surface area contributed by atoms with Gasteiger partial charge in [0.25, 0.3) is 0 Å². The Kier molecular flexibility index (Phi) is 356. The molecule has 0 unspecified atom stereocenters. The van der Waals surface area contributed by atoms with Crippen LogP contribution in [0.2, 0.25) is 0 Å². The molecule has 0 aliphatic heterocycles. The summed E-state index contributed by atoms with van der Waals surface area (Å²) in [6.45, 7) is 0. The summed E-state index contributed by atoms with van der Waals surface area (Å²) in [7, 11) is 0. The molecule has 0 heterocycles. The topological polar surface area (TPSA) is 0 Å². The van der Waals surface area contributed by atoms with E-state index in [1.54, 1.807) is 0 Å². The Hall–Kier alpha value is 10.0. The summed E-state index contributed by atoms with van der Waals surface area (Å²) in [6.07, 6.45) is 0. The number of hydrogen-bond acceptors (Lipinski definition) is 0. The quantitative estimate of drug-likeness (QED) is 0.220. The Bertz CT molecular complexity index is 8.92. The molecule has 0 saturated carbocycles. The van der Waals surface area contributed by atoms with Crippen LogP contribution in [0, 0.1) is 206 Å². The van der Waals surface area contributed by atoms with E-state index < -0.39 is 0 Å². The zero-order valence-corrected chi connectivity index (χ0v) is 40.4. The van der Waals surface area contributed by atoms with Gasteiger partial charge in [0.05, 0.1) is 0 Å². The van der Waals surface area contributed by atoms with Crippen molar-refractivity contribution in [2.24, 2.45) is 0 Å². The summed E-state index contributed by atoms with van der Waals surface area (Å²) in [6, 6.07) is 0. The van der Waals surface area contributed by atoms with Crippen LogP contribution >= 0.6 is 0 Å². The minimum absolute atomic E-state index is 0. The molecule has 0 aromatic heterocycles. The number of rotatable bonds is 0. The molecule has 0 amide bonds. The van der Waals surface area contributed by atoms with Gasteiger partial charge < -0.3 is 0 Å². The van der Waals surface area contributed by atoms with Gasteiger partial charge >= 0.3 is 95.6 Å². The third kappa shape index (κ3) is 46.1. The monoisotopic (exact) mass is 1190 g/mol. The molecule has 0 spiro atoms. The molecule has 0 bridgehead atoms. The summed E-state index contributed by atoms with van der Waals surface area (Å²) in [5, 5.41) is 0. The van der Waals surface area contributed by atoms with Gasteiger partial charge in [-0.15, -0.1) is 0 Å². The van der Waals surface area contributed by atoms with E-state index in [0.717, 1.165) is 0 Å². The fourth-order valence-corrected chi connectivity index (χ4v) is 0. The first kappa shape index (κ1) is 61.5. The minimum atomic E-state index is 0. The van der Waals surface area contributed by atoms with Crippen molar-refractivity contribution in [3.05, 3.63) is 0 Å². The Balaban J connectivity index is 0. The van der Waals surface area contributed by atoms with Gasteiger partial charge in [-0.2, -0.15) is 0 Å². The predicted molar refractivity (Wildman–Crippen MR) is 34.2 cm³/mol. The summed E-state index contributed by atoms with van der Waals surface area (Å²) in [5.41, 5.74) is 0. The molecule has 9 heteroatoms. The molecule has 13 radical (unpaired) electrons. The van der Waals surface area contributed by atoms with Gasteiger partial charge in [-0.05, 0) is 0 Å². The summed E-state index contributed by atoms with van der Waals surface area (Å²) >= 11 is 0. The van der Waals surface area contributed by atoms with Gasteiger partial charge in [0, 0.05) is 206 Å². The first-order chi connectivity index (χ1) is 0. The molecule has 0 aromatic rings. The first-order valence-electron chi connectivity index (χ1n) is 0. The Morgan fingerprint density at radius 1 is 0.222 bits per heavy atom. The molecule has 0 rings (SSSR count). The Morgan fingerprint density at radius 3 is 0.222 bits per heavy atom. The van der Waals surface area contributed by atoms with Crippen LogP contribution in [0.25, 0.3) is 0 Å². The molecule has 0 aliphatic rings. The van der Waals surface area contributed by atoms with Crippen LogP contribution in [-0.2, 0) is 0 Å². The second-order valence-electron chi connectivity index (χ2n) is 0. The Morgan fingerprint density at radius 2 is 0.222 bits per heavy atom. The molecule has 0 aromatic carbocycles. The molecule has 39 valence electrons. The van der Waals surface area contributed by atoms with Crippen molar-refractivity contribution in [2.75, 3.05) is 0 Å². The van der Waals surface area contributed by atoms with Gasteiger partial charge in [0.1, 0.15) is 0 Å². The maximum absolute atomic E-state index is 0. The summed E-state index contributed by atoms with van der Waals surface area (Å²) in [5.74, 6) is 0. The van der Waals surface area contributed by atoms with E-state index in [4.69, 9.17) is 0 Å². The fourth-order valence-electron chi connectivity index (χ4n) is 0. The van der Waals surface area contributed by atoms with Gasteiger partial charge in [0.2, 0.25) is 0 Å². The van der Waals surface area contributed by atoms with Crippen LogP contribution in [0.4, 0.5) is 0 Å². The molecule has 0 aliphatic carbocycles. The van der Waals surface area contributed by atoms with E-state index in [1.165, 1.54) is 0 Å². The van der Waals surface area contributed by atoms with Crippen LogP contribution in [0.3, 0.4) is 0 Å². The molecule has 0 fully saturated rings. The van der Waals surface area contributed by atoms with Crippen molar-refractivity contribution in [1.82, 2.24) is 0 Å². The molecular weight excluding hydrogens is 1180 g/mol. The number of hydrogen-bond donors (Lipinski definition) is 0. The summed E-state index contributed by atoms with van der Waals surface area (Å²) < 4.78 is 0. The molecule has 0 saturated heterocycles. The van der Waals surface area contributed by atoms with Crippen LogP contribution < -0.4 is 0 Å².